The molecule has 1 amide bonds. The van der Waals surface area contributed by atoms with E-state index in [1.54, 1.807) is 4.90 Å². The molecule has 1 aromatic carbocycles. The van der Waals surface area contributed by atoms with Crippen molar-refractivity contribution in [3.05, 3.63) is 35.9 Å². The van der Waals surface area contributed by atoms with Crippen molar-refractivity contribution in [2.75, 3.05) is 13.1 Å². The van der Waals surface area contributed by atoms with E-state index in [1.807, 2.05) is 6.07 Å². The Hall–Kier alpha value is -1.64. The number of rotatable bonds is 2. The second-order valence-electron chi connectivity index (χ2n) is 4.15. The number of benzene rings is 1. The molecule has 0 spiro atoms. The number of hydrogen-bond acceptors (Lipinski definition) is 2. The third kappa shape index (κ3) is 2.30. The number of piperidine rings is 1. The Bertz CT molecular complexity index is 367. The maximum Gasteiger partial charge on any atom is 0.264 e. The maximum atomic E-state index is 11.3. The molecule has 0 bridgehead atoms. The molecule has 1 fully saturated rings. The van der Waals surface area contributed by atoms with E-state index in [1.165, 1.54) is 5.56 Å². The Kier molecular flexibility index (Phi) is 3.34. The van der Waals surface area contributed by atoms with Crippen LogP contribution in [-0.2, 0) is 4.79 Å². The van der Waals surface area contributed by atoms with Crippen LogP contribution < -0.4 is 0 Å². The van der Waals surface area contributed by atoms with Crippen LogP contribution in [0.15, 0.2) is 30.3 Å². The summed E-state index contributed by atoms with van der Waals surface area (Å²) >= 11 is 0. The zero-order valence-corrected chi connectivity index (χ0v) is 9.23. The van der Waals surface area contributed by atoms with Crippen molar-refractivity contribution in [1.82, 2.24) is 4.90 Å². The van der Waals surface area contributed by atoms with E-state index in [9.17, 15) is 4.79 Å². The van der Waals surface area contributed by atoms with Gasteiger partial charge in [0.05, 0.1) is 6.21 Å². The number of nitrogens with one attached hydrogen (secondary N) is 1. The van der Waals surface area contributed by atoms with Gasteiger partial charge in [-0.05, 0) is 24.3 Å². The summed E-state index contributed by atoms with van der Waals surface area (Å²) in [5.74, 6) is 0.405. The van der Waals surface area contributed by atoms with Gasteiger partial charge in [0, 0.05) is 13.1 Å². The van der Waals surface area contributed by atoms with Gasteiger partial charge in [0.1, 0.15) is 0 Å². The Balaban J connectivity index is 1.95. The van der Waals surface area contributed by atoms with Crippen molar-refractivity contribution in [2.45, 2.75) is 18.8 Å². The van der Waals surface area contributed by atoms with Gasteiger partial charge in [0.25, 0.3) is 5.91 Å². The molecule has 0 aromatic heterocycles. The van der Waals surface area contributed by atoms with Crippen molar-refractivity contribution in [3.8, 4) is 0 Å². The smallest absolute Gasteiger partial charge is 0.264 e. The van der Waals surface area contributed by atoms with E-state index < -0.39 is 0 Å². The molecule has 0 atom stereocenters. The summed E-state index contributed by atoms with van der Waals surface area (Å²) in [6, 6.07) is 10.4. The van der Waals surface area contributed by atoms with Gasteiger partial charge < -0.3 is 10.3 Å². The van der Waals surface area contributed by atoms with E-state index in [0.29, 0.717) is 5.92 Å². The minimum atomic E-state index is -0.161. The molecule has 1 saturated heterocycles. The Labute approximate surface area is 95.6 Å². The number of hydrogen-bond donors (Lipinski definition) is 1. The van der Waals surface area contributed by atoms with Crippen LogP contribution in [0.4, 0.5) is 0 Å². The number of nitrogens with zero attached hydrogens (tertiary/aromatic N) is 1. The quantitative estimate of drug-likeness (QED) is 0.755. The fraction of sp³-hybridized carbons (Fsp3) is 0.385. The van der Waals surface area contributed by atoms with Crippen LogP contribution in [0.3, 0.4) is 0 Å². The SMILES string of the molecule is N=CC(=O)N1CCC(c2ccccc2)CC1. The summed E-state index contributed by atoms with van der Waals surface area (Å²) in [5.41, 5.74) is 1.37. The van der Waals surface area contributed by atoms with Gasteiger partial charge in [-0.25, -0.2) is 0 Å². The van der Waals surface area contributed by atoms with E-state index in [0.717, 1.165) is 32.1 Å². The molecule has 0 saturated carbocycles. The standard InChI is InChI=1S/C13H16N2O/c14-10-13(16)15-8-6-12(7-9-15)11-4-2-1-3-5-11/h1-5,10,12,14H,6-9H2. The van der Waals surface area contributed by atoms with Crippen molar-refractivity contribution in [3.63, 3.8) is 0 Å². The third-order valence-electron chi connectivity index (χ3n) is 3.20. The summed E-state index contributed by atoms with van der Waals surface area (Å²) in [6.07, 6.45) is 2.91. The predicted octanol–water partition coefficient (Wildman–Crippen LogP) is 2.04. The van der Waals surface area contributed by atoms with Crippen LogP contribution in [0.2, 0.25) is 0 Å². The average Bonchev–Trinajstić information content (AvgIpc) is 2.39. The van der Waals surface area contributed by atoms with Crippen LogP contribution in [-0.4, -0.2) is 30.1 Å². The first-order valence-electron chi connectivity index (χ1n) is 5.65. The van der Waals surface area contributed by atoms with Gasteiger partial charge in [-0.1, -0.05) is 30.3 Å². The average molecular weight is 216 g/mol. The first-order valence-corrected chi connectivity index (χ1v) is 5.65. The maximum absolute atomic E-state index is 11.3. The largest absolute Gasteiger partial charge is 0.338 e. The van der Waals surface area contributed by atoms with E-state index in [4.69, 9.17) is 5.41 Å². The molecule has 2 rings (SSSR count). The molecule has 1 N–H and O–H groups in total. The fourth-order valence-corrected chi connectivity index (χ4v) is 2.25. The van der Waals surface area contributed by atoms with Crippen molar-refractivity contribution < 1.29 is 4.79 Å². The minimum absolute atomic E-state index is 0.161. The molecule has 3 nitrogen and oxygen atoms in total. The first-order chi connectivity index (χ1) is 7.81. The highest BCUT2D eigenvalue weighted by atomic mass is 16.2. The Morgan fingerprint density at radius 3 is 2.44 bits per heavy atom. The zero-order valence-electron chi connectivity index (χ0n) is 9.23. The molecule has 1 aliphatic heterocycles. The predicted molar refractivity (Wildman–Crippen MR) is 63.8 cm³/mol. The van der Waals surface area contributed by atoms with Gasteiger partial charge in [-0.2, -0.15) is 0 Å². The van der Waals surface area contributed by atoms with Crippen molar-refractivity contribution in [2.24, 2.45) is 0 Å². The number of carbonyl (C=O) groups is 1. The first kappa shape index (κ1) is 10.9. The number of amides is 1. The van der Waals surface area contributed by atoms with Gasteiger partial charge in [-0.15, -0.1) is 0 Å². The molecule has 3 heteroatoms. The summed E-state index contributed by atoms with van der Waals surface area (Å²) < 4.78 is 0. The van der Waals surface area contributed by atoms with Gasteiger partial charge in [0.15, 0.2) is 0 Å². The second-order valence-corrected chi connectivity index (χ2v) is 4.15. The van der Waals surface area contributed by atoms with Gasteiger partial charge >= 0.3 is 0 Å². The highest BCUT2D eigenvalue weighted by Gasteiger charge is 2.22. The summed E-state index contributed by atoms with van der Waals surface area (Å²) in [6.45, 7) is 1.54. The Morgan fingerprint density at radius 1 is 1.25 bits per heavy atom. The van der Waals surface area contributed by atoms with Gasteiger partial charge in [-0.3, -0.25) is 4.79 Å². The van der Waals surface area contributed by atoms with Crippen LogP contribution >= 0.6 is 0 Å². The number of likely N-dealkylation sites (tertiary alicyclic amines) is 1. The lowest BCUT2D eigenvalue weighted by atomic mass is 9.89. The van der Waals surface area contributed by atoms with Crippen molar-refractivity contribution >= 4 is 12.1 Å². The monoisotopic (exact) mass is 216 g/mol. The molecule has 16 heavy (non-hydrogen) atoms. The molecular formula is C13H16N2O. The third-order valence-corrected chi connectivity index (χ3v) is 3.20. The number of carbonyl (C=O) groups excluding carboxylic acids is 1. The molecule has 0 unspecified atom stereocenters. The lowest BCUT2D eigenvalue weighted by Crippen LogP contribution is -2.38. The molecule has 84 valence electrons. The van der Waals surface area contributed by atoms with Crippen LogP contribution in [0.5, 0.6) is 0 Å². The fourth-order valence-electron chi connectivity index (χ4n) is 2.25. The van der Waals surface area contributed by atoms with Crippen LogP contribution in [0, 0.1) is 5.41 Å². The molecular weight excluding hydrogens is 200 g/mol. The van der Waals surface area contributed by atoms with E-state index >= 15 is 0 Å². The lowest BCUT2D eigenvalue weighted by Gasteiger charge is -2.31. The van der Waals surface area contributed by atoms with E-state index in [-0.39, 0.29) is 5.91 Å². The topological polar surface area (TPSA) is 44.2 Å². The molecule has 1 heterocycles. The van der Waals surface area contributed by atoms with Crippen LogP contribution in [0.25, 0.3) is 0 Å². The van der Waals surface area contributed by atoms with Gasteiger partial charge in [0.2, 0.25) is 0 Å². The second kappa shape index (κ2) is 4.92. The normalized spacial score (nSPS) is 17.1. The summed E-state index contributed by atoms with van der Waals surface area (Å²) in [4.78, 5) is 13.0. The molecule has 0 aliphatic carbocycles. The molecule has 0 radical (unpaired) electrons. The lowest BCUT2D eigenvalue weighted by molar-refractivity contribution is -0.124. The molecule has 1 aromatic rings. The zero-order chi connectivity index (χ0) is 11.4. The minimum Gasteiger partial charge on any atom is -0.338 e. The van der Waals surface area contributed by atoms with E-state index in [2.05, 4.69) is 24.3 Å². The molecule has 1 aliphatic rings. The van der Waals surface area contributed by atoms with Crippen molar-refractivity contribution in [1.29, 1.82) is 5.41 Å². The highest BCUT2D eigenvalue weighted by molar-refractivity contribution is 6.24. The van der Waals surface area contributed by atoms with Crippen LogP contribution in [0.1, 0.15) is 24.3 Å². The highest BCUT2D eigenvalue weighted by Crippen LogP contribution is 2.27. The Morgan fingerprint density at radius 2 is 1.88 bits per heavy atom. The summed E-state index contributed by atoms with van der Waals surface area (Å²) in [5, 5.41) is 6.94. The summed E-state index contributed by atoms with van der Waals surface area (Å²) in [7, 11) is 0.